The van der Waals surface area contributed by atoms with Crippen LogP contribution in [-0.2, 0) is 42.7 Å². The fourth-order valence-electron chi connectivity index (χ4n) is 2.06. The second-order valence-electron chi connectivity index (χ2n) is 6.19. The van der Waals surface area contributed by atoms with Crippen LogP contribution < -0.4 is 0 Å². The van der Waals surface area contributed by atoms with Crippen LogP contribution in [0.1, 0.15) is 32.6 Å². The minimum atomic E-state index is -0.996. The number of unbranched alkanes of at least 4 members (excludes halogenated alkanes) is 2. The Labute approximate surface area is 179 Å². The zero-order valence-electron chi connectivity index (χ0n) is 18.1. The van der Waals surface area contributed by atoms with Crippen molar-refractivity contribution in [3.63, 3.8) is 0 Å². The molecule has 0 heterocycles. The van der Waals surface area contributed by atoms with Gasteiger partial charge in [0.1, 0.15) is 13.2 Å². The summed E-state index contributed by atoms with van der Waals surface area (Å²) in [5.41, 5.74) is 0. The van der Waals surface area contributed by atoms with Gasteiger partial charge in [-0.1, -0.05) is 19.8 Å². The van der Waals surface area contributed by atoms with Gasteiger partial charge in [-0.25, -0.2) is 4.79 Å². The topological polar surface area (TPSA) is 119 Å². The zero-order chi connectivity index (χ0) is 22.1. The second kappa shape index (κ2) is 24.0. The monoisotopic (exact) mass is 438 g/mol. The molecule has 0 spiro atoms. The highest BCUT2D eigenvalue weighted by Crippen LogP contribution is 2.00. The molecule has 0 radical (unpaired) electrons. The maximum absolute atomic E-state index is 11.4. The lowest BCUT2D eigenvalue weighted by Gasteiger charge is -2.08. The lowest BCUT2D eigenvalue weighted by atomic mass is 10.2. The second-order valence-corrected chi connectivity index (χ2v) is 6.19. The largest absolute Gasteiger partial charge is 0.480 e. The van der Waals surface area contributed by atoms with Crippen molar-refractivity contribution >= 4 is 11.9 Å². The Bertz CT molecular complexity index is 392. The molecule has 0 saturated carbocycles. The van der Waals surface area contributed by atoms with Crippen LogP contribution >= 0.6 is 0 Å². The quantitative estimate of drug-likeness (QED) is 0.174. The molecule has 0 rings (SSSR count). The van der Waals surface area contributed by atoms with Gasteiger partial charge in [-0.3, -0.25) is 4.79 Å². The van der Waals surface area contributed by atoms with Crippen LogP contribution in [-0.4, -0.2) is 103 Å². The minimum Gasteiger partial charge on any atom is -0.480 e. The van der Waals surface area contributed by atoms with Gasteiger partial charge in [-0.05, 0) is 6.42 Å². The average Bonchev–Trinajstić information content (AvgIpc) is 2.72. The van der Waals surface area contributed by atoms with Crippen molar-refractivity contribution < 1.29 is 47.9 Å². The van der Waals surface area contributed by atoms with E-state index in [-0.39, 0.29) is 25.8 Å². The molecule has 0 fully saturated rings. The summed E-state index contributed by atoms with van der Waals surface area (Å²) >= 11 is 0. The lowest BCUT2D eigenvalue weighted by molar-refractivity contribution is -0.145. The highest BCUT2D eigenvalue weighted by atomic mass is 16.6. The summed E-state index contributed by atoms with van der Waals surface area (Å²) in [5.74, 6) is -1.16. The van der Waals surface area contributed by atoms with Crippen molar-refractivity contribution in [3.8, 4) is 0 Å². The molecule has 0 bridgehead atoms. The first-order chi connectivity index (χ1) is 14.7. The number of ether oxygens (including phenoxy) is 7. The van der Waals surface area contributed by atoms with Crippen LogP contribution in [0, 0.1) is 0 Å². The molecule has 178 valence electrons. The van der Waals surface area contributed by atoms with Crippen LogP contribution in [0.4, 0.5) is 0 Å². The Morgan fingerprint density at radius 2 is 1.00 bits per heavy atom. The standard InChI is InChI=1S/C20H38O10/c1-2-3-4-5-20(23)30-17-16-28-13-12-26-9-8-24-6-7-25-10-11-27-14-15-29-18-19(21)22/h2-18H2,1H3,(H,21,22). The van der Waals surface area contributed by atoms with E-state index in [1.807, 2.05) is 0 Å². The zero-order valence-corrected chi connectivity index (χ0v) is 18.1. The van der Waals surface area contributed by atoms with E-state index in [9.17, 15) is 9.59 Å². The Morgan fingerprint density at radius 3 is 1.40 bits per heavy atom. The molecular formula is C20H38O10. The van der Waals surface area contributed by atoms with E-state index in [1.165, 1.54) is 0 Å². The van der Waals surface area contributed by atoms with Crippen molar-refractivity contribution in [2.24, 2.45) is 0 Å². The smallest absolute Gasteiger partial charge is 0.329 e. The fraction of sp³-hybridized carbons (Fsp3) is 0.900. The van der Waals surface area contributed by atoms with E-state index in [4.69, 9.17) is 38.3 Å². The number of hydrogen-bond acceptors (Lipinski definition) is 9. The van der Waals surface area contributed by atoms with Crippen molar-refractivity contribution in [1.82, 2.24) is 0 Å². The maximum atomic E-state index is 11.4. The Kier molecular flexibility index (Phi) is 22.9. The summed E-state index contributed by atoms with van der Waals surface area (Å²) in [6.07, 6.45) is 3.48. The van der Waals surface area contributed by atoms with Gasteiger partial charge in [-0.15, -0.1) is 0 Å². The highest BCUT2D eigenvalue weighted by molar-refractivity contribution is 5.69. The van der Waals surface area contributed by atoms with Crippen molar-refractivity contribution in [1.29, 1.82) is 0 Å². The van der Waals surface area contributed by atoms with Gasteiger partial charge in [0.2, 0.25) is 0 Å². The Morgan fingerprint density at radius 1 is 0.600 bits per heavy atom. The molecule has 0 saturated heterocycles. The molecule has 0 aliphatic carbocycles. The number of aliphatic carboxylic acids is 1. The fourth-order valence-corrected chi connectivity index (χ4v) is 2.06. The molecule has 0 aromatic carbocycles. The van der Waals surface area contributed by atoms with Gasteiger partial charge in [0.15, 0.2) is 0 Å². The van der Waals surface area contributed by atoms with Gasteiger partial charge in [-0.2, -0.15) is 0 Å². The molecule has 0 aliphatic heterocycles. The summed E-state index contributed by atoms with van der Waals surface area (Å²) in [5, 5.41) is 8.37. The molecule has 0 unspecified atom stereocenters. The SMILES string of the molecule is CCCCCC(=O)OCCOCCOCCOCCOCCOCCOCC(=O)O. The van der Waals surface area contributed by atoms with Crippen LogP contribution in [0.5, 0.6) is 0 Å². The van der Waals surface area contributed by atoms with E-state index in [0.29, 0.717) is 72.5 Å². The molecule has 30 heavy (non-hydrogen) atoms. The third kappa shape index (κ3) is 24.7. The molecule has 10 nitrogen and oxygen atoms in total. The Balaban J connectivity index is 3.08. The summed E-state index contributed by atoms with van der Waals surface area (Å²) in [4.78, 5) is 21.6. The number of carbonyl (C=O) groups is 2. The van der Waals surface area contributed by atoms with E-state index in [0.717, 1.165) is 19.3 Å². The maximum Gasteiger partial charge on any atom is 0.329 e. The predicted octanol–water partition coefficient (Wildman–Crippen LogP) is 1.29. The van der Waals surface area contributed by atoms with Crippen LogP contribution in [0.2, 0.25) is 0 Å². The third-order valence-corrected chi connectivity index (χ3v) is 3.56. The van der Waals surface area contributed by atoms with Crippen molar-refractivity contribution in [2.45, 2.75) is 32.6 Å². The van der Waals surface area contributed by atoms with Crippen molar-refractivity contribution in [2.75, 3.05) is 85.9 Å². The summed E-state index contributed by atoms with van der Waals surface area (Å²) < 4.78 is 36.5. The Hall–Kier alpha value is -1.30. The summed E-state index contributed by atoms with van der Waals surface area (Å²) in [7, 11) is 0. The summed E-state index contributed by atoms with van der Waals surface area (Å²) in [6, 6.07) is 0. The minimum absolute atomic E-state index is 0.167. The average molecular weight is 439 g/mol. The summed E-state index contributed by atoms with van der Waals surface area (Å²) in [6.45, 7) is 6.60. The molecule has 10 heteroatoms. The van der Waals surface area contributed by atoms with Crippen LogP contribution in [0.15, 0.2) is 0 Å². The van der Waals surface area contributed by atoms with Crippen molar-refractivity contribution in [3.05, 3.63) is 0 Å². The van der Waals surface area contributed by atoms with Crippen LogP contribution in [0.3, 0.4) is 0 Å². The molecule has 0 aromatic heterocycles. The van der Waals surface area contributed by atoms with E-state index < -0.39 is 5.97 Å². The van der Waals surface area contributed by atoms with Gasteiger partial charge in [0, 0.05) is 6.42 Å². The van der Waals surface area contributed by atoms with E-state index in [2.05, 4.69) is 6.92 Å². The number of esters is 1. The van der Waals surface area contributed by atoms with E-state index in [1.54, 1.807) is 0 Å². The van der Waals surface area contributed by atoms with Gasteiger partial charge >= 0.3 is 11.9 Å². The molecule has 0 amide bonds. The first kappa shape index (κ1) is 28.7. The number of rotatable bonds is 24. The highest BCUT2D eigenvalue weighted by Gasteiger charge is 2.01. The number of carboxylic acids is 1. The first-order valence-corrected chi connectivity index (χ1v) is 10.5. The molecule has 0 aliphatic rings. The third-order valence-electron chi connectivity index (χ3n) is 3.56. The van der Waals surface area contributed by atoms with E-state index >= 15 is 0 Å². The molecular weight excluding hydrogens is 400 g/mol. The van der Waals surface area contributed by atoms with Gasteiger partial charge in [0.25, 0.3) is 0 Å². The first-order valence-electron chi connectivity index (χ1n) is 10.5. The molecule has 0 atom stereocenters. The molecule has 0 aromatic rings. The number of carboxylic acid groups (broad SMARTS) is 1. The predicted molar refractivity (Wildman–Crippen MR) is 108 cm³/mol. The lowest BCUT2D eigenvalue weighted by Crippen LogP contribution is -2.15. The van der Waals surface area contributed by atoms with Crippen LogP contribution in [0.25, 0.3) is 0 Å². The molecule has 1 N–H and O–H groups in total. The number of carbonyl (C=O) groups excluding carboxylic acids is 1. The van der Waals surface area contributed by atoms with Gasteiger partial charge in [0.05, 0.1) is 72.7 Å². The normalized spacial score (nSPS) is 11.0. The van der Waals surface area contributed by atoms with Gasteiger partial charge < -0.3 is 38.3 Å². The number of hydrogen-bond donors (Lipinski definition) is 1.